The number of aryl methyl sites for hydroxylation is 2. The molecule has 3 rings (SSSR count). The van der Waals surface area contributed by atoms with Crippen LogP contribution in [0.5, 0.6) is 5.75 Å². The number of nitrogens with one attached hydrogen (secondary N) is 1. The highest BCUT2D eigenvalue weighted by atomic mass is 16.3. The van der Waals surface area contributed by atoms with E-state index in [4.69, 9.17) is 0 Å². The maximum Gasteiger partial charge on any atom is 0.222 e. The third kappa shape index (κ3) is 6.05. The largest absolute Gasteiger partial charge is 0.508 e. The summed E-state index contributed by atoms with van der Waals surface area (Å²) in [5.41, 5.74) is 0.797. The van der Waals surface area contributed by atoms with Crippen molar-refractivity contribution in [1.29, 1.82) is 0 Å². The van der Waals surface area contributed by atoms with Crippen molar-refractivity contribution in [1.82, 2.24) is 25.0 Å². The van der Waals surface area contributed by atoms with E-state index in [9.17, 15) is 14.7 Å². The number of phenolic OH excluding ortho intramolecular Hbond substituents is 1. The molecule has 1 aromatic carbocycles. The first-order valence-corrected chi connectivity index (χ1v) is 10.7. The molecule has 8 nitrogen and oxygen atoms in total. The number of rotatable bonds is 9. The summed E-state index contributed by atoms with van der Waals surface area (Å²) in [5, 5.41) is 17.1. The molecule has 0 spiro atoms. The summed E-state index contributed by atoms with van der Waals surface area (Å²) in [6.45, 7) is 4.10. The molecule has 1 aromatic heterocycles. The van der Waals surface area contributed by atoms with E-state index in [0.717, 1.165) is 24.8 Å². The fraction of sp³-hybridized carbons (Fsp3) is 0.545. The smallest absolute Gasteiger partial charge is 0.222 e. The third-order valence-electron chi connectivity index (χ3n) is 5.81. The van der Waals surface area contributed by atoms with Gasteiger partial charge >= 0.3 is 0 Å². The minimum atomic E-state index is 0.0536. The van der Waals surface area contributed by atoms with E-state index in [-0.39, 0.29) is 29.5 Å². The predicted molar refractivity (Wildman–Crippen MR) is 113 cm³/mol. The number of hydrogen-bond acceptors (Lipinski definition) is 5. The van der Waals surface area contributed by atoms with Gasteiger partial charge in [-0.15, -0.1) is 0 Å². The number of benzene rings is 1. The zero-order valence-electron chi connectivity index (χ0n) is 17.5. The van der Waals surface area contributed by atoms with Crippen LogP contribution in [0.1, 0.15) is 44.6 Å². The summed E-state index contributed by atoms with van der Waals surface area (Å²) >= 11 is 0. The van der Waals surface area contributed by atoms with Crippen molar-refractivity contribution >= 4 is 11.8 Å². The first-order chi connectivity index (χ1) is 14.6. The first-order valence-electron chi connectivity index (χ1n) is 10.7. The first kappa shape index (κ1) is 21.8. The van der Waals surface area contributed by atoms with Gasteiger partial charge in [-0.1, -0.05) is 25.1 Å². The molecule has 1 aliphatic heterocycles. The lowest BCUT2D eigenvalue weighted by Gasteiger charge is -2.38. The molecular formula is C22H31N5O3. The monoisotopic (exact) mass is 413 g/mol. The van der Waals surface area contributed by atoms with Gasteiger partial charge in [0.2, 0.25) is 11.8 Å². The quantitative estimate of drug-likeness (QED) is 0.656. The fourth-order valence-electron chi connectivity index (χ4n) is 4.01. The maximum absolute atomic E-state index is 12.7. The van der Waals surface area contributed by atoms with Crippen LogP contribution in [-0.4, -0.2) is 55.7 Å². The van der Waals surface area contributed by atoms with Crippen LogP contribution in [0.25, 0.3) is 0 Å². The van der Waals surface area contributed by atoms with Gasteiger partial charge in [-0.2, -0.15) is 5.10 Å². The summed E-state index contributed by atoms with van der Waals surface area (Å²) < 4.78 is 1.72. The molecule has 0 radical (unpaired) electrons. The normalized spacial score (nSPS) is 18.9. The Hall–Kier alpha value is -2.90. The van der Waals surface area contributed by atoms with Gasteiger partial charge in [-0.25, -0.2) is 4.98 Å². The van der Waals surface area contributed by atoms with Crippen molar-refractivity contribution in [3.8, 4) is 5.75 Å². The van der Waals surface area contributed by atoms with Gasteiger partial charge in [0.15, 0.2) is 0 Å². The Morgan fingerprint density at radius 3 is 2.83 bits per heavy atom. The van der Waals surface area contributed by atoms with E-state index in [1.807, 2.05) is 17.0 Å². The summed E-state index contributed by atoms with van der Waals surface area (Å²) in [6, 6.07) is 7.25. The predicted octanol–water partition coefficient (Wildman–Crippen LogP) is 2.14. The lowest BCUT2D eigenvalue weighted by atomic mass is 9.89. The zero-order chi connectivity index (χ0) is 21.3. The second kappa shape index (κ2) is 10.8. The van der Waals surface area contributed by atoms with E-state index in [1.54, 1.807) is 23.1 Å². The molecule has 1 saturated heterocycles. The second-order valence-corrected chi connectivity index (χ2v) is 7.86. The van der Waals surface area contributed by atoms with Crippen molar-refractivity contribution in [2.24, 2.45) is 5.92 Å². The van der Waals surface area contributed by atoms with Crippen LogP contribution in [0, 0.1) is 5.92 Å². The van der Waals surface area contributed by atoms with Crippen LogP contribution in [0.3, 0.4) is 0 Å². The van der Waals surface area contributed by atoms with E-state index >= 15 is 0 Å². The highest BCUT2D eigenvalue weighted by Crippen LogP contribution is 2.23. The second-order valence-electron chi connectivity index (χ2n) is 7.86. The van der Waals surface area contributed by atoms with Gasteiger partial charge in [0, 0.05) is 38.5 Å². The summed E-state index contributed by atoms with van der Waals surface area (Å²) in [7, 11) is 0. The molecule has 2 amide bonds. The lowest BCUT2D eigenvalue weighted by molar-refractivity contribution is -0.133. The number of carbonyl (C=O) groups excluding carboxylic acids is 2. The van der Waals surface area contributed by atoms with Crippen molar-refractivity contribution in [3.63, 3.8) is 0 Å². The zero-order valence-corrected chi connectivity index (χ0v) is 17.5. The molecule has 2 heterocycles. The number of para-hydroxylation sites is 1. The Kier molecular flexibility index (Phi) is 7.82. The van der Waals surface area contributed by atoms with Gasteiger partial charge < -0.3 is 15.3 Å². The van der Waals surface area contributed by atoms with Gasteiger partial charge in [0.05, 0.1) is 0 Å². The van der Waals surface area contributed by atoms with Crippen LogP contribution in [-0.2, 0) is 22.6 Å². The molecule has 0 unspecified atom stereocenters. The lowest BCUT2D eigenvalue weighted by Crippen LogP contribution is -2.52. The molecule has 0 saturated carbocycles. The third-order valence-corrected chi connectivity index (χ3v) is 5.81. The van der Waals surface area contributed by atoms with E-state index in [1.165, 1.54) is 6.33 Å². The maximum atomic E-state index is 12.7. The minimum absolute atomic E-state index is 0.0536. The number of piperidine rings is 1. The van der Waals surface area contributed by atoms with Crippen LogP contribution in [0.2, 0.25) is 0 Å². The number of hydrogen-bond donors (Lipinski definition) is 2. The van der Waals surface area contributed by atoms with Crippen molar-refractivity contribution < 1.29 is 14.7 Å². The number of amides is 2. The van der Waals surface area contributed by atoms with E-state index in [2.05, 4.69) is 22.3 Å². The Labute approximate surface area is 177 Å². The standard InChI is InChI=1S/C22H31N5O3/c1-2-17-14-26(22(30)10-9-18-6-3-4-7-20(18)28)13-11-19(17)25-21(29)8-5-12-27-16-23-15-24-27/h3-4,6-7,15-17,19,28H,2,5,8-14H2,1H3,(H,25,29)/t17-,19+/m1/s1. The van der Waals surface area contributed by atoms with Crippen molar-refractivity contribution in [2.75, 3.05) is 13.1 Å². The average Bonchev–Trinajstić information content (AvgIpc) is 3.26. The molecule has 1 fully saturated rings. The number of carbonyl (C=O) groups is 2. The van der Waals surface area contributed by atoms with E-state index < -0.39 is 0 Å². The molecule has 2 aromatic rings. The molecule has 0 aliphatic carbocycles. The van der Waals surface area contributed by atoms with Crippen LogP contribution < -0.4 is 5.32 Å². The molecule has 30 heavy (non-hydrogen) atoms. The molecule has 162 valence electrons. The fourth-order valence-corrected chi connectivity index (χ4v) is 4.01. The number of nitrogens with zero attached hydrogens (tertiary/aromatic N) is 4. The minimum Gasteiger partial charge on any atom is -0.508 e. The number of likely N-dealkylation sites (tertiary alicyclic amines) is 1. The van der Waals surface area contributed by atoms with Gasteiger partial charge in [0.25, 0.3) is 0 Å². The average molecular weight is 414 g/mol. The van der Waals surface area contributed by atoms with Crippen LogP contribution in [0.4, 0.5) is 0 Å². The molecule has 1 aliphatic rings. The molecule has 2 N–H and O–H groups in total. The van der Waals surface area contributed by atoms with Crippen LogP contribution in [0.15, 0.2) is 36.9 Å². The molecule has 0 bridgehead atoms. The number of aromatic nitrogens is 3. The molecular weight excluding hydrogens is 382 g/mol. The molecule has 2 atom stereocenters. The summed E-state index contributed by atoms with van der Waals surface area (Å²) in [6.07, 6.45) is 6.91. The summed E-state index contributed by atoms with van der Waals surface area (Å²) in [5.74, 6) is 0.654. The van der Waals surface area contributed by atoms with Gasteiger partial charge in [-0.05, 0) is 43.2 Å². The topological polar surface area (TPSA) is 100 Å². The Morgan fingerprint density at radius 2 is 2.10 bits per heavy atom. The van der Waals surface area contributed by atoms with Gasteiger partial charge in [-0.3, -0.25) is 14.3 Å². The molecule has 8 heteroatoms. The highest BCUT2D eigenvalue weighted by Gasteiger charge is 2.31. The van der Waals surface area contributed by atoms with Crippen molar-refractivity contribution in [2.45, 2.75) is 58.0 Å². The van der Waals surface area contributed by atoms with E-state index in [0.29, 0.717) is 38.9 Å². The SMILES string of the molecule is CC[C@@H]1CN(C(=O)CCc2ccccc2O)CC[C@@H]1NC(=O)CCCn1cncn1. The van der Waals surface area contributed by atoms with Gasteiger partial charge in [0.1, 0.15) is 18.4 Å². The Morgan fingerprint density at radius 1 is 1.27 bits per heavy atom. The summed E-state index contributed by atoms with van der Waals surface area (Å²) in [4.78, 5) is 30.8. The highest BCUT2D eigenvalue weighted by molar-refractivity contribution is 5.77. The Bertz CT molecular complexity index is 824. The van der Waals surface area contributed by atoms with Crippen molar-refractivity contribution in [3.05, 3.63) is 42.5 Å². The van der Waals surface area contributed by atoms with Crippen LogP contribution >= 0.6 is 0 Å². The number of aromatic hydroxyl groups is 1. The Balaban J connectivity index is 1.42. The number of phenols is 1.